The molecule has 1 fully saturated rings. The van der Waals surface area contributed by atoms with Gasteiger partial charge in [-0.15, -0.1) is 0 Å². The van der Waals surface area contributed by atoms with Gasteiger partial charge in [-0.3, -0.25) is 0 Å². The molecule has 0 aliphatic carbocycles. The molecule has 0 atom stereocenters. The fraction of sp³-hybridized carbons (Fsp3) is 0.600. The molecule has 0 unspecified atom stereocenters. The lowest BCUT2D eigenvalue weighted by Gasteiger charge is -2.31. The number of carbonyl (C=O) groups excluding carboxylic acids is 1. The van der Waals surface area contributed by atoms with Crippen molar-refractivity contribution in [3.63, 3.8) is 0 Å². The number of nitrogens with one attached hydrogen (secondary N) is 1. The quantitative estimate of drug-likeness (QED) is 0.868. The van der Waals surface area contributed by atoms with Gasteiger partial charge < -0.3 is 20.9 Å². The van der Waals surface area contributed by atoms with Gasteiger partial charge in [0.1, 0.15) is 5.82 Å². The lowest BCUT2D eigenvalue weighted by atomic mass is 10.1. The van der Waals surface area contributed by atoms with Crippen molar-refractivity contribution in [3.8, 4) is 0 Å². The van der Waals surface area contributed by atoms with Crippen LogP contribution in [0.25, 0.3) is 0 Å². The summed E-state index contributed by atoms with van der Waals surface area (Å²) in [5, 5.41) is 3.48. The van der Waals surface area contributed by atoms with Crippen LogP contribution < -0.4 is 16.0 Å². The van der Waals surface area contributed by atoms with E-state index in [2.05, 4.69) is 35.1 Å². The van der Waals surface area contributed by atoms with Gasteiger partial charge in [0.25, 0.3) is 0 Å². The van der Waals surface area contributed by atoms with Gasteiger partial charge >= 0.3 is 6.03 Å². The van der Waals surface area contributed by atoms with E-state index >= 15 is 0 Å². The van der Waals surface area contributed by atoms with Gasteiger partial charge in [-0.25, -0.2) is 9.78 Å². The lowest BCUT2D eigenvalue weighted by molar-refractivity contribution is 0.193. The largest absolute Gasteiger partial charge is 0.381 e. The molecular formula is C15H25N5O. The third-order valence-corrected chi connectivity index (χ3v) is 4.01. The lowest BCUT2D eigenvalue weighted by Crippen LogP contribution is -2.44. The highest BCUT2D eigenvalue weighted by atomic mass is 16.2. The van der Waals surface area contributed by atoms with Gasteiger partial charge in [-0.1, -0.05) is 0 Å². The number of hydrogen-bond donors (Lipinski definition) is 2. The molecule has 0 aromatic carbocycles. The monoisotopic (exact) mass is 291 g/mol. The van der Waals surface area contributed by atoms with E-state index in [9.17, 15) is 4.79 Å². The number of likely N-dealkylation sites (tertiary alicyclic amines) is 1. The van der Waals surface area contributed by atoms with Crippen LogP contribution in [0.15, 0.2) is 18.3 Å². The van der Waals surface area contributed by atoms with E-state index in [4.69, 9.17) is 5.73 Å². The van der Waals surface area contributed by atoms with Crippen LogP contribution in [0.2, 0.25) is 0 Å². The number of primary amides is 1. The summed E-state index contributed by atoms with van der Waals surface area (Å²) in [6, 6.07) is 4.18. The summed E-state index contributed by atoms with van der Waals surface area (Å²) in [5.41, 5.74) is 6.32. The molecule has 116 valence electrons. The maximum atomic E-state index is 11.1. The average Bonchev–Trinajstić information content (AvgIpc) is 2.51. The minimum Gasteiger partial charge on any atom is -0.381 e. The van der Waals surface area contributed by atoms with E-state index in [0.29, 0.717) is 6.04 Å². The molecule has 1 aliphatic heterocycles. The topological polar surface area (TPSA) is 74.5 Å². The van der Waals surface area contributed by atoms with Gasteiger partial charge in [0.05, 0.1) is 11.9 Å². The fourth-order valence-corrected chi connectivity index (χ4v) is 2.69. The number of aromatic nitrogens is 1. The Hall–Kier alpha value is -1.98. The second kappa shape index (κ2) is 7.15. The predicted molar refractivity (Wildman–Crippen MR) is 85.6 cm³/mol. The normalized spacial score (nSPS) is 15.8. The van der Waals surface area contributed by atoms with Crippen LogP contribution in [0, 0.1) is 0 Å². The Kier molecular flexibility index (Phi) is 5.25. The number of nitrogens with zero attached hydrogens (tertiary/aromatic N) is 3. The number of amides is 2. The number of pyridine rings is 1. The van der Waals surface area contributed by atoms with Crippen molar-refractivity contribution in [1.29, 1.82) is 0 Å². The van der Waals surface area contributed by atoms with Crippen molar-refractivity contribution in [2.45, 2.75) is 32.7 Å². The van der Waals surface area contributed by atoms with E-state index in [1.807, 2.05) is 12.3 Å². The molecule has 6 heteroatoms. The fourth-order valence-electron chi connectivity index (χ4n) is 2.69. The van der Waals surface area contributed by atoms with E-state index in [0.717, 1.165) is 50.5 Å². The smallest absolute Gasteiger partial charge is 0.314 e. The zero-order chi connectivity index (χ0) is 15.2. The van der Waals surface area contributed by atoms with Gasteiger partial charge in [0.2, 0.25) is 0 Å². The number of hydrogen-bond acceptors (Lipinski definition) is 4. The predicted octanol–water partition coefficient (Wildman–Crippen LogP) is 1.88. The summed E-state index contributed by atoms with van der Waals surface area (Å²) in [7, 11) is 0. The van der Waals surface area contributed by atoms with Gasteiger partial charge in [-0.05, 0) is 38.8 Å². The molecule has 0 radical (unpaired) electrons. The molecule has 1 saturated heterocycles. The molecule has 1 aromatic rings. The number of rotatable bonds is 5. The molecule has 2 heterocycles. The van der Waals surface area contributed by atoms with Crippen LogP contribution in [0.1, 0.15) is 26.7 Å². The maximum absolute atomic E-state index is 11.1. The first-order valence-corrected chi connectivity index (χ1v) is 7.66. The zero-order valence-corrected chi connectivity index (χ0v) is 12.9. The molecule has 21 heavy (non-hydrogen) atoms. The van der Waals surface area contributed by atoms with Gasteiger partial charge in [-0.2, -0.15) is 0 Å². The van der Waals surface area contributed by atoms with Crippen molar-refractivity contribution in [1.82, 2.24) is 9.88 Å². The highest BCUT2D eigenvalue weighted by Gasteiger charge is 2.21. The van der Waals surface area contributed by atoms with Crippen LogP contribution in [0.5, 0.6) is 0 Å². The first-order valence-electron chi connectivity index (χ1n) is 7.66. The SMILES string of the molecule is CCN(CC)c1ccc(NC2CCN(C(N)=O)CC2)cn1. The molecule has 1 aliphatic rings. The van der Waals surface area contributed by atoms with Crippen LogP contribution in [-0.4, -0.2) is 48.1 Å². The van der Waals surface area contributed by atoms with Crippen LogP contribution in [-0.2, 0) is 0 Å². The van der Waals surface area contributed by atoms with E-state index in [1.165, 1.54) is 0 Å². The Bertz CT molecular complexity index is 450. The Morgan fingerprint density at radius 2 is 2.05 bits per heavy atom. The number of carbonyl (C=O) groups is 1. The first-order chi connectivity index (χ1) is 10.1. The van der Waals surface area contributed by atoms with Crippen molar-refractivity contribution >= 4 is 17.5 Å². The van der Waals surface area contributed by atoms with E-state index < -0.39 is 0 Å². The summed E-state index contributed by atoms with van der Waals surface area (Å²) in [5.74, 6) is 1.01. The Labute approximate surface area is 126 Å². The van der Waals surface area contributed by atoms with Crippen LogP contribution in [0.4, 0.5) is 16.3 Å². The van der Waals surface area contributed by atoms with Crippen molar-refractivity contribution in [3.05, 3.63) is 18.3 Å². The van der Waals surface area contributed by atoms with E-state index in [1.54, 1.807) is 4.90 Å². The second-order valence-corrected chi connectivity index (χ2v) is 5.32. The van der Waals surface area contributed by atoms with Gasteiger partial charge in [0, 0.05) is 32.2 Å². The summed E-state index contributed by atoms with van der Waals surface area (Å²) in [6.45, 7) is 7.62. The molecule has 0 spiro atoms. The van der Waals surface area contributed by atoms with Crippen LogP contribution >= 0.6 is 0 Å². The number of anilines is 2. The summed E-state index contributed by atoms with van der Waals surface area (Å²) in [6.07, 6.45) is 3.72. The van der Waals surface area contributed by atoms with Crippen molar-refractivity contribution < 1.29 is 4.79 Å². The van der Waals surface area contributed by atoms with Crippen molar-refractivity contribution in [2.75, 3.05) is 36.4 Å². The molecular weight excluding hydrogens is 266 g/mol. The van der Waals surface area contributed by atoms with E-state index in [-0.39, 0.29) is 6.03 Å². The third-order valence-electron chi connectivity index (χ3n) is 4.01. The average molecular weight is 291 g/mol. The zero-order valence-electron chi connectivity index (χ0n) is 12.9. The molecule has 2 rings (SSSR count). The standard InChI is InChI=1S/C15H25N5O/c1-3-19(4-2)14-6-5-13(11-17-14)18-12-7-9-20(10-8-12)15(16)21/h5-6,11-12,18H,3-4,7-10H2,1-2H3,(H2,16,21). The van der Waals surface area contributed by atoms with Crippen molar-refractivity contribution in [2.24, 2.45) is 5.73 Å². The van der Waals surface area contributed by atoms with Gasteiger partial charge in [0.15, 0.2) is 0 Å². The Morgan fingerprint density at radius 1 is 1.38 bits per heavy atom. The summed E-state index contributed by atoms with van der Waals surface area (Å²) < 4.78 is 0. The number of urea groups is 1. The molecule has 0 saturated carbocycles. The molecule has 2 amide bonds. The molecule has 0 bridgehead atoms. The number of nitrogens with two attached hydrogens (primary N) is 1. The third kappa shape index (κ3) is 4.00. The minimum atomic E-state index is -0.321. The summed E-state index contributed by atoms with van der Waals surface area (Å²) in [4.78, 5) is 19.5. The van der Waals surface area contributed by atoms with Crippen LogP contribution in [0.3, 0.4) is 0 Å². The minimum absolute atomic E-state index is 0.321. The Morgan fingerprint density at radius 3 is 2.52 bits per heavy atom. The summed E-state index contributed by atoms with van der Waals surface area (Å²) >= 11 is 0. The maximum Gasteiger partial charge on any atom is 0.314 e. The molecule has 1 aromatic heterocycles. The first kappa shape index (κ1) is 15.4. The second-order valence-electron chi connectivity index (χ2n) is 5.32. The highest BCUT2D eigenvalue weighted by molar-refractivity contribution is 5.72. The highest BCUT2D eigenvalue weighted by Crippen LogP contribution is 2.18. The number of piperidine rings is 1. The molecule has 3 N–H and O–H groups in total. The molecule has 6 nitrogen and oxygen atoms in total. The Balaban J connectivity index is 1.88.